The standard InChI is InChI=1S/C14H20BrN/c1-10-6-7-12(9-13(10)15)14(16)8-11-4-2-3-5-11/h6-7,9,11,14H,2-5,8,16H2,1H3. The van der Waals surface area contributed by atoms with Crippen LogP contribution in [0.5, 0.6) is 0 Å². The van der Waals surface area contributed by atoms with Gasteiger partial charge in [0.1, 0.15) is 0 Å². The summed E-state index contributed by atoms with van der Waals surface area (Å²) in [5.74, 6) is 0.857. The highest BCUT2D eigenvalue weighted by atomic mass is 79.9. The van der Waals surface area contributed by atoms with Gasteiger partial charge in [0.15, 0.2) is 0 Å². The number of halogens is 1. The molecule has 1 aliphatic rings. The van der Waals surface area contributed by atoms with Gasteiger partial charge in [0, 0.05) is 10.5 Å². The van der Waals surface area contributed by atoms with Crippen molar-refractivity contribution in [2.75, 3.05) is 0 Å². The third-order valence-corrected chi connectivity index (χ3v) is 4.54. The van der Waals surface area contributed by atoms with Gasteiger partial charge in [0.2, 0.25) is 0 Å². The number of aryl methyl sites for hydroxylation is 1. The van der Waals surface area contributed by atoms with Crippen LogP contribution in [-0.2, 0) is 0 Å². The third-order valence-electron chi connectivity index (χ3n) is 3.69. The lowest BCUT2D eigenvalue weighted by Gasteiger charge is -2.17. The van der Waals surface area contributed by atoms with Crippen molar-refractivity contribution >= 4 is 15.9 Å². The molecular weight excluding hydrogens is 262 g/mol. The summed E-state index contributed by atoms with van der Waals surface area (Å²) in [4.78, 5) is 0. The van der Waals surface area contributed by atoms with Crippen molar-refractivity contribution < 1.29 is 0 Å². The molecule has 1 aliphatic carbocycles. The van der Waals surface area contributed by atoms with E-state index in [1.54, 1.807) is 0 Å². The van der Waals surface area contributed by atoms with E-state index in [1.165, 1.54) is 41.3 Å². The monoisotopic (exact) mass is 281 g/mol. The minimum absolute atomic E-state index is 0.208. The van der Waals surface area contributed by atoms with E-state index in [4.69, 9.17) is 5.73 Å². The van der Waals surface area contributed by atoms with Crippen LogP contribution in [0.3, 0.4) is 0 Å². The number of rotatable bonds is 3. The summed E-state index contributed by atoms with van der Waals surface area (Å²) in [5.41, 5.74) is 8.82. The molecule has 1 aromatic rings. The molecular formula is C14H20BrN. The van der Waals surface area contributed by atoms with Gasteiger partial charge >= 0.3 is 0 Å². The van der Waals surface area contributed by atoms with Crippen LogP contribution in [0.4, 0.5) is 0 Å². The number of hydrogen-bond donors (Lipinski definition) is 1. The predicted octanol–water partition coefficient (Wildman–Crippen LogP) is 4.34. The van der Waals surface area contributed by atoms with Gasteiger partial charge in [-0.1, -0.05) is 53.7 Å². The average molecular weight is 282 g/mol. The van der Waals surface area contributed by atoms with Gasteiger partial charge < -0.3 is 5.73 Å². The molecule has 0 spiro atoms. The Kier molecular flexibility index (Phi) is 4.04. The van der Waals surface area contributed by atoms with Crippen LogP contribution in [0.1, 0.15) is 49.3 Å². The highest BCUT2D eigenvalue weighted by molar-refractivity contribution is 9.10. The van der Waals surface area contributed by atoms with Crippen molar-refractivity contribution in [1.82, 2.24) is 0 Å². The second kappa shape index (κ2) is 5.33. The molecule has 2 N–H and O–H groups in total. The molecule has 1 aromatic carbocycles. The molecule has 2 rings (SSSR count). The predicted molar refractivity (Wildman–Crippen MR) is 72.4 cm³/mol. The fraction of sp³-hybridized carbons (Fsp3) is 0.571. The summed E-state index contributed by atoms with van der Waals surface area (Å²) in [7, 11) is 0. The quantitative estimate of drug-likeness (QED) is 0.877. The third kappa shape index (κ3) is 2.86. The van der Waals surface area contributed by atoms with Crippen LogP contribution in [0.2, 0.25) is 0 Å². The zero-order valence-electron chi connectivity index (χ0n) is 9.88. The van der Waals surface area contributed by atoms with Gasteiger partial charge in [0.05, 0.1) is 0 Å². The lowest BCUT2D eigenvalue weighted by molar-refractivity contribution is 0.450. The maximum absolute atomic E-state index is 6.27. The van der Waals surface area contributed by atoms with Crippen LogP contribution in [-0.4, -0.2) is 0 Å². The molecule has 1 unspecified atom stereocenters. The van der Waals surface area contributed by atoms with Crippen LogP contribution in [0.15, 0.2) is 22.7 Å². The number of benzene rings is 1. The summed E-state index contributed by atoms with van der Waals surface area (Å²) >= 11 is 3.57. The molecule has 88 valence electrons. The van der Waals surface area contributed by atoms with Gasteiger partial charge in [-0.2, -0.15) is 0 Å². The Morgan fingerprint density at radius 2 is 2.06 bits per heavy atom. The highest BCUT2D eigenvalue weighted by Gasteiger charge is 2.19. The summed E-state index contributed by atoms with van der Waals surface area (Å²) in [6.45, 7) is 2.11. The van der Waals surface area contributed by atoms with Crippen LogP contribution >= 0.6 is 15.9 Å². The molecule has 1 saturated carbocycles. The van der Waals surface area contributed by atoms with E-state index < -0.39 is 0 Å². The van der Waals surface area contributed by atoms with Crippen molar-refractivity contribution in [2.45, 2.75) is 45.1 Å². The first kappa shape index (κ1) is 12.1. The van der Waals surface area contributed by atoms with Crippen molar-refractivity contribution in [3.05, 3.63) is 33.8 Å². The largest absolute Gasteiger partial charge is 0.324 e. The molecule has 0 bridgehead atoms. The Morgan fingerprint density at radius 3 is 2.69 bits per heavy atom. The van der Waals surface area contributed by atoms with E-state index in [2.05, 4.69) is 41.1 Å². The normalized spacial score (nSPS) is 18.9. The molecule has 0 radical (unpaired) electrons. The van der Waals surface area contributed by atoms with Gasteiger partial charge in [-0.05, 0) is 36.5 Å². The molecule has 1 atom stereocenters. The van der Waals surface area contributed by atoms with E-state index in [0.29, 0.717) is 0 Å². The molecule has 0 heterocycles. The zero-order chi connectivity index (χ0) is 11.5. The molecule has 0 aromatic heterocycles. The zero-order valence-corrected chi connectivity index (χ0v) is 11.5. The maximum atomic E-state index is 6.27. The topological polar surface area (TPSA) is 26.0 Å². The van der Waals surface area contributed by atoms with Crippen LogP contribution in [0, 0.1) is 12.8 Å². The van der Waals surface area contributed by atoms with Crippen molar-refractivity contribution in [2.24, 2.45) is 11.7 Å². The Morgan fingerprint density at radius 1 is 1.38 bits per heavy atom. The van der Waals surface area contributed by atoms with E-state index in [-0.39, 0.29) is 6.04 Å². The Balaban J connectivity index is 2.02. The lowest BCUT2D eigenvalue weighted by atomic mass is 9.94. The molecule has 1 nitrogen and oxygen atoms in total. The first-order chi connectivity index (χ1) is 7.66. The van der Waals surface area contributed by atoms with Gasteiger partial charge in [-0.25, -0.2) is 0 Å². The van der Waals surface area contributed by atoms with E-state index in [9.17, 15) is 0 Å². The molecule has 0 saturated heterocycles. The molecule has 0 amide bonds. The van der Waals surface area contributed by atoms with Gasteiger partial charge in [-0.3, -0.25) is 0 Å². The molecule has 0 aliphatic heterocycles. The fourth-order valence-electron chi connectivity index (χ4n) is 2.58. The van der Waals surface area contributed by atoms with Gasteiger partial charge in [0.25, 0.3) is 0 Å². The van der Waals surface area contributed by atoms with Crippen molar-refractivity contribution in [3.63, 3.8) is 0 Å². The second-order valence-electron chi connectivity index (χ2n) is 5.00. The molecule has 1 fully saturated rings. The summed E-state index contributed by atoms with van der Waals surface area (Å²) in [6, 6.07) is 6.70. The summed E-state index contributed by atoms with van der Waals surface area (Å²) in [5, 5.41) is 0. The maximum Gasteiger partial charge on any atom is 0.0297 e. The van der Waals surface area contributed by atoms with Crippen molar-refractivity contribution in [3.8, 4) is 0 Å². The Bertz CT molecular complexity index is 356. The van der Waals surface area contributed by atoms with Crippen molar-refractivity contribution in [1.29, 1.82) is 0 Å². The number of nitrogens with two attached hydrogens (primary N) is 1. The smallest absolute Gasteiger partial charge is 0.0297 e. The molecule has 2 heteroatoms. The van der Waals surface area contributed by atoms with E-state index in [0.717, 1.165) is 12.3 Å². The fourth-order valence-corrected chi connectivity index (χ4v) is 2.98. The SMILES string of the molecule is Cc1ccc(C(N)CC2CCCC2)cc1Br. The number of hydrogen-bond acceptors (Lipinski definition) is 1. The summed E-state index contributed by atoms with van der Waals surface area (Å²) in [6.07, 6.45) is 6.70. The summed E-state index contributed by atoms with van der Waals surface area (Å²) < 4.78 is 1.17. The lowest BCUT2D eigenvalue weighted by Crippen LogP contribution is -2.14. The highest BCUT2D eigenvalue weighted by Crippen LogP contribution is 2.32. The van der Waals surface area contributed by atoms with Crippen LogP contribution < -0.4 is 5.73 Å². The average Bonchev–Trinajstić information content (AvgIpc) is 2.74. The Labute approximate surface area is 107 Å². The first-order valence-electron chi connectivity index (χ1n) is 6.18. The first-order valence-corrected chi connectivity index (χ1v) is 6.98. The second-order valence-corrected chi connectivity index (χ2v) is 5.86. The molecule has 16 heavy (non-hydrogen) atoms. The minimum Gasteiger partial charge on any atom is -0.324 e. The Hall–Kier alpha value is -0.340. The van der Waals surface area contributed by atoms with Crippen LogP contribution in [0.25, 0.3) is 0 Å². The van der Waals surface area contributed by atoms with Gasteiger partial charge in [-0.15, -0.1) is 0 Å². The van der Waals surface area contributed by atoms with E-state index >= 15 is 0 Å². The van der Waals surface area contributed by atoms with E-state index in [1.807, 2.05) is 0 Å². The minimum atomic E-state index is 0.208.